The number of hydrogen-bond donors (Lipinski definition) is 0. The molecule has 0 amide bonds. The van der Waals surface area contributed by atoms with E-state index in [0.29, 0.717) is 35.8 Å². The minimum atomic E-state index is -2.14. The van der Waals surface area contributed by atoms with Crippen LogP contribution in [0, 0.1) is 23.5 Å². The second kappa shape index (κ2) is 70.7. The first kappa shape index (κ1) is 108. The molecule has 0 atom stereocenters. The second-order valence-corrected chi connectivity index (χ2v) is 35.7. The molecule has 2 aromatic carbocycles. The molecule has 0 aliphatic heterocycles. The lowest BCUT2D eigenvalue weighted by Crippen LogP contribution is -2.44. The monoisotopic (exact) mass is 1700 g/mol. The Morgan fingerprint density at radius 2 is 0.473 bits per heavy atom. The number of allylic oxidation sites excluding steroid dienone is 1. The first-order chi connectivity index (χ1) is 63.1. The van der Waals surface area contributed by atoms with Gasteiger partial charge in [0.2, 0.25) is 0 Å². The van der Waals surface area contributed by atoms with Gasteiger partial charge in [0.25, 0.3) is 16.6 Å². The summed E-state index contributed by atoms with van der Waals surface area (Å²) in [6.45, 7) is 27.7. The van der Waals surface area contributed by atoms with Crippen LogP contribution in [0.1, 0.15) is 103 Å². The summed E-state index contributed by atoms with van der Waals surface area (Å²) in [5.74, 6) is 0.0542. The molecule has 2 aliphatic carbocycles. The number of esters is 1. The number of Topliss-reactive ketones (excluding diaryl/α,β-unsaturated/α-hetero) is 1. The van der Waals surface area contributed by atoms with Crippen molar-refractivity contribution in [3.8, 4) is 11.5 Å². The summed E-state index contributed by atoms with van der Waals surface area (Å²) in [7, 11) is -2.92. The summed E-state index contributed by atoms with van der Waals surface area (Å²) in [5.41, 5.74) is 206. The van der Waals surface area contributed by atoms with Crippen molar-refractivity contribution in [3.05, 3.63) is 548 Å². The van der Waals surface area contributed by atoms with Crippen molar-refractivity contribution in [3.63, 3.8) is 0 Å². The standard InChI is InChI=1S/C84H4.C20H29FO3Si.C17H25FO2Si.CH4/c1-3-5-7-9-11-13-15-17-19-21-23-25-27-29-31-33-35-37-39-41-43-45-47-49-51-53-55-57-59-61-63-65-67-69-71-73-75-77-79-81-83-84-82-80-78-76-74-72-70-68-66-64-62-60-58-56-54-52-50-48-46-44-42-40-38-36-34-32-30-28-26-24-22-20-18-16-14-12-10-8-6-4-2;1-20(2,3)25(5,6)24-17-9-7-8-16(19(17)21)15(12-14-10-11-14)13-18(22)23-4;1-17(2,3)21(4,5)20-15-8-6-7-13(16(15)18)14(19)11-12-9-10-12;/h1-2H2;7-9,13-14H,10-12H2,1-6H3;6-8,12H,9-11H2,1-5H3;1H4. The Labute approximate surface area is 763 Å². The van der Waals surface area contributed by atoms with Crippen molar-refractivity contribution >= 4 is 34.0 Å². The molecular weight excluding hydrogens is 1640 g/mol. The molecule has 0 heterocycles. The number of ketones is 1. The third-order valence-corrected chi connectivity index (χ3v) is 23.6. The van der Waals surface area contributed by atoms with E-state index in [1.54, 1.807) is 36.4 Å². The van der Waals surface area contributed by atoms with Crippen LogP contribution in [0.3, 0.4) is 0 Å². The molecule has 0 spiro atoms. The second-order valence-electron chi connectivity index (χ2n) is 26.2. The molecule has 0 unspecified atom stereocenters. The van der Waals surface area contributed by atoms with E-state index in [9.17, 15) is 14.0 Å². The molecule has 2 aromatic rings. The molecule has 2 aliphatic rings. The van der Waals surface area contributed by atoms with Gasteiger partial charge in [-0.2, -0.15) is 0 Å². The molecular formula is C122H62F2O5Si2. The maximum atomic E-state index is 15.2. The summed E-state index contributed by atoms with van der Waals surface area (Å²) in [6.07, 6.45) is 6.99. The highest BCUT2D eigenvalue weighted by Crippen LogP contribution is 2.43. The van der Waals surface area contributed by atoms with E-state index in [0.717, 1.165) is 25.7 Å². The Morgan fingerprint density at radius 1 is 0.305 bits per heavy atom. The van der Waals surface area contributed by atoms with E-state index in [-0.39, 0.29) is 46.2 Å². The van der Waals surface area contributed by atoms with Crippen molar-refractivity contribution in [2.24, 2.45) is 11.8 Å². The van der Waals surface area contributed by atoms with Gasteiger partial charge in [0, 0.05) is 385 Å². The molecule has 2 saturated carbocycles. The maximum absolute atomic E-state index is 15.2. The summed E-state index contributed by atoms with van der Waals surface area (Å²) >= 11 is 0. The molecule has 2 fully saturated rings. The van der Waals surface area contributed by atoms with Crippen LogP contribution in [0.25, 0.3) is 5.57 Å². The molecule has 0 radical (unpaired) electrons. The fraction of sp³-hybridized carbons (Fsp3) is 0.180. The van der Waals surface area contributed by atoms with Gasteiger partial charge in [-0.25, -0.2) is 13.6 Å². The van der Waals surface area contributed by atoms with Crippen molar-refractivity contribution < 1.29 is 32.0 Å². The van der Waals surface area contributed by atoms with Crippen molar-refractivity contribution in [2.75, 3.05) is 7.11 Å². The topological polar surface area (TPSA) is 61.8 Å². The molecule has 5 nitrogen and oxygen atoms in total. The van der Waals surface area contributed by atoms with Gasteiger partial charge < -0.3 is 13.6 Å². The van der Waals surface area contributed by atoms with Gasteiger partial charge in [-0.15, -0.1) is 0 Å². The minimum Gasteiger partial charge on any atom is -0.542 e. The number of methoxy groups -OCH3 is 1. The quantitative estimate of drug-likeness (QED) is 0.0738. The van der Waals surface area contributed by atoms with Crippen LogP contribution in [0.15, 0.2) is 526 Å². The van der Waals surface area contributed by atoms with Crippen LogP contribution in [-0.4, -0.2) is 35.5 Å². The number of rotatable bonds is 11. The highest BCUT2D eigenvalue weighted by molar-refractivity contribution is 6.75. The smallest absolute Gasteiger partial charge is 0.330 e. The van der Waals surface area contributed by atoms with Gasteiger partial charge >= 0.3 is 5.97 Å². The number of hydrogen-bond acceptors (Lipinski definition) is 5. The molecule has 0 N–H and O–H groups in total. The summed E-state index contributed by atoms with van der Waals surface area (Å²) in [5, 5.41) is -0.0262. The number of carbonyl (C=O) groups is 2. The Kier molecular flexibility index (Phi) is 58.3. The molecule has 9 heteroatoms. The Bertz CT molecular complexity index is 8280. The average molecular weight is 1700 g/mol. The van der Waals surface area contributed by atoms with Gasteiger partial charge in [-0.05, 0) is 209 Å². The third-order valence-electron chi connectivity index (χ3n) is 14.9. The third kappa shape index (κ3) is 60.1. The molecule has 4 rings (SSSR count). The van der Waals surface area contributed by atoms with Crippen LogP contribution in [-0.2, 0) is 9.53 Å². The lowest BCUT2D eigenvalue weighted by atomic mass is 9.99. The van der Waals surface area contributed by atoms with Crippen molar-refractivity contribution in [2.45, 2.75) is 124 Å². The van der Waals surface area contributed by atoms with Gasteiger partial charge in [0.15, 0.2) is 17.4 Å². The van der Waals surface area contributed by atoms with E-state index in [4.69, 9.17) is 13.6 Å². The summed E-state index contributed by atoms with van der Waals surface area (Å²) in [6, 6.07) is 10.1. The number of ether oxygens (including phenoxy) is 1. The maximum Gasteiger partial charge on any atom is 0.330 e. The van der Waals surface area contributed by atoms with Crippen LogP contribution in [0.2, 0.25) is 36.3 Å². The summed E-state index contributed by atoms with van der Waals surface area (Å²) in [4.78, 5) is 23.9. The van der Waals surface area contributed by atoms with Crippen molar-refractivity contribution in [1.29, 1.82) is 0 Å². The molecule has 0 saturated heterocycles. The fourth-order valence-electron chi connectivity index (χ4n) is 6.80. The SMILES string of the molecule is C.C=C=C=C=C=C=C=C=C=C=C=C=C=C=C=C=C=C=C=C=C=C=C=C=C=C=C=C=C=C=C=C=C=C=C=C=C=C=C=C=C=C=C=C=C=C=C=C=C=C=C=C=C=C=C=C=C=C=C=C=C=C=C=C=C=C=C=C=C=C=C=C=C=C=C=C=C=C=C=C=C=C=C=C.CC(C)(C)[Si](C)(C)Oc1cccc(C(=O)CC2CC2)c1F.COC(=O)C=C(CC1CC1)c1cccc(O[Si](C)(C)C(C)(C)C)c1F. The van der Waals surface area contributed by atoms with Gasteiger partial charge in [0.05, 0.1) is 12.7 Å². The lowest BCUT2D eigenvalue weighted by Gasteiger charge is -2.36. The van der Waals surface area contributed by atoms with Gasteiger partial charge in [-0.1, -0.05) is 78.6 Å². The number of carbonyl (C=O) groups excluding carboxylic acids is 2. The Morgan fingerprint density at radius 3 is 0.641 bits per heavy atom. The average Bonchev–Trinajstić information content (AvgIpc) is 1.65. The first-order valence-corrected chi connectivity index (χ1v) is 43.2. The highest BCUT2D eigenvalue weighted by Gasteiger charge is 2.41. The van der Waals surface area contributed by atoms with Crippen molar-refractivity contribution in [1.82, 2.24) is 0 Å². The lowest BCUT2D eigenvalue weighted by molar-refractivity contribution is -0.134. The normalized spacial score (nSPS) is 8.11. The zero-order valence-corrected chi connectivity index (χ0v) is 74.2. The van der Waals surface area contributed by atoms with Gasteiger partial charge in [-0.3, -0.25) is 4.79 Å². The Balaban J connectivity index is 0.00000145. The predicted octanol–water partition coefficient (Wildman–Crippen LogP) is 24.9. The fourth-order valence-corrected chi connectivity index (χ4v) is 8.83. The molecule has 131 heavy (non-hydrogen) atoms. The van der Waals surface area contributed by atoms with E-state index >= 15 is 4.39 Å². The van der Waals surface area contributed by atoms with E-state index < -0.39 is 28.4 Å². The molecule has 602 valence electrons. The van der Waals surface area contributed by atoms with Gasteiger partial charge in [0.1, 0.15) is 11.5 Å². The van der Waals surface area contributed by atoms with Crippen LogP contribution in [0.4, 0.5) is 8.78 Å². The number of benzene rings is 2. The van der Waals surface area contributed by atoms with Crippen LogP contribution >= 0.6 is 0 Å². The highest BCUT2D eigenvalue weighted by atomic mass is 28.4. The minimum absolute atomic E-state index is 0. The molecule has 0 aromatic heterocycles. The zero-order chi connectivity index (χ0) is 94.6. The van der Waals surface area contributed by atoms with E-state index in [2.05, 4.69) is 551 Å². The van der Waals surface area contributed by atoms with Crippen LogP contribution < -0.4 is 8.85 Å². The summed E-state index contributed by atoms with van der Waals surface area (Å²) < 4.78 is 46.7. The first-order valence-electron chi connectivity index (χ1n) is 37.4. The van der Waals surface area contributed by atoms with Crippen LogP contribution in [0.5, 0.6) is 11.5 Å². The molecule has 0 bridgehead atoms. The number of halogens is 2. The van der Waals surface area contributed by atoms with E-state index in [1.165, 1.54) is 13.2 Å². The Hall–Kier alpha value is -21.1. The largest absolute Gasteiger partial charge is 0.542 e. The predicted molar refractivity (Wildman–Crippen MR) is 494 cm³/mol. The van der Waals surface area contributed by atoms with E-state index in [1.807, 2.05) is 0 Å². The zero-order valence-electron chi connectivity index (χ0n) is 72.2.